The molecule has 4 N–H and O–H groups in total. The Kier molecular flexibility index (Phi) is 6.52. The van der Waals surface area contributed by atoms with E-state index in [1.165, 1.54) is 39.1 Å². The highest BCUT2D eigenvalue weighted by Gasteiger charge is 2.08. The highest BCUT2D eigenvalue weighted by Crippen LogP contribution is 2.21. The first-order valence-electron chi connectivity index (χ1n) is 6.11. The Morgan fingerprint density at radius 3 is 2.42 bits per heavy atom. The van der Waals surface area contributed by atoms with E-state index in [1.807, 2.05) is 11.9 Å². The van der Waals surface area contributed by atoms with Crippen molar-refractivity contribution in [1.29, 1.82) is 0 Å². The van der Waals surface area contributed by atoms with Gasteiger partial charge in [0.25, 0.3) is 0 Å². The standard InChI is InChI=1S/C8H10N2O2.C5H11NS/c1-12-7-4-5(8(10)11)2-3-6(7)9;1-7-6-4-2-3-5-6/h2-4H,9H2,1H3,(H2,10,11);2-5H2,1H3. The molecule has 1 heterocycles. The highest BCUT2D eigenvalue weighted by molar-refractivity contribution is 7.96. The lowest BCUT2D eigenvalue weighted by molar-refractivity contribution is 0.1000. The molecule has 0 atom stereocenters. The van der Waals surface area contributed by atoms with E-state index in [2.05, 4.69) is 10.6 Å². The SMILES string of the molecule is COc1cc(C(N)=O)ccc1N.CSN1CCCC1. The molecule has 0 unspecified atom stereocenters. The molecule has 5 nitrogen and oxygen atoms in total. The van der Waals surface area contributed by atoms with Crippen LogP contribution in [0, 0.1) is 0 Å². The van der Waals surface area contributed by atoms with Gasteiger partial charge in [-0.1, -0.05) is 11.9 Å². The maximum Gasteiger partial charge on any atom is 0.248 e. The summed E-state index contributed by atoms with van der Waals surface area (Å²) in [6, 6.07) is 4.65. The second kappa shape index (κ2) is 7.91. The first kappa shape index (κ1) is 15.7. The lowest BCUT2D eigenvalue weighted by atomic mass is 10.2. The number of primary amides is 1. The van der Waals surface area contributed by atoms with Gasteiger partial charge in [-0.15, -0.1) is 0 Å². The first-order chi connectivity index (χ1) is 9.08. The first-order valence-corrected chi connectivity index (χ1v) is 7.29. The number of carbonyl (C=O) groups excluding carboxylic acids is 1. The molecule has 19 heavy (non-hydrogen) atoms. The zero-order valence-electron chi connectivity index (χ0n) is 11.4. The quantitative estimate of drug-likeness (QED) is 0.652. The molecule has 6 heteroatoms. The van der Waals surface area contributed by atoms with Gasteiger partial charge in [-0.25, -0.2) is 0 Å². The summed E-state index contributed by atoms with van der Waals surface area (Å²) in [6.45, 7) is 2.61. The monoisotopic (exact) mass is 283 g/mol. The number of rotatable bonds is 3. The van der Waals surface area contributed by atoms with E-state index in [9.17, 15) is 4.79 Å². The van der Waals surface area contributed by atoms with Gasteiger partial charge in [0.1, 0.15) is 5.75 Å². The van der Waals surface area contributed by atoms with Crippen LogP contribution < -0.4 is 16.2 Å². The molecule has 1 aromatic rings. The predicted octanol–water partition coefficient (Wildman–Crippen LogP) is 1.74. The van der Waals surface area contributed by atoms with Crippen molar-refractivity contribution in [1.82, 2.24) is 4.31 Å². The number of nitrogens with two attached hydrogens (primary N) is 2. The van der Waals surface area contributed by atoms with Crippen LogP contribution in [0.1, 0.15) is 23.2 Å². The van der Waals surface area contributed by atoms with E-state index in [0.717, 1.165) is 0 Å². The smallest absolute Gasteiger partial charge is 0.248 e. The Hall–Kier alpha value is -1.40. The number of nitrogens with zero attached hydrogens (tertiary/aromatic N) is 1. The van der Waals surface area contributed by atoms with Crippen LogP contribution in [-0.2, 0) is 0 Å². The topological polar surface area (TPSA) is 81.6 Å². The molecule has 106 valence electrons. The van der Waals surface area contributed by atoms with Crippen molar-refractivity contribution >= 4 is 23.5 Å². The highest BCUT2D eigenvalue weighted by atomic mass is 32.2. The van der Waals surface area contributed by atoms with Gasteiger partial charge in [0.2, 0.25) is 5.91 Å². The fraction of sp³-hybridized carbons (Fsp3) is 0.462. The summed E-state index contributed by atoms with van der Waals surface area (Å²) in [6.07, 6.45) is 4.95. The molecule has 0 aliphatic carbocycles. The zero-order valence-corrected chi connectivity index (χ0v) is 12.2. The molecule has 0 bridgehead atoms. The minimum absolute atomic E-state index is 0.390. The van der Waals surface area contributed by atoms with Crippen molar-refractivity contribution in [2.45, 2.75) is 12.8 Å². The summed E-state index contributed by atoms with van der Waals surface area (Å²) in [5, 5.41) is 0. The van der Waals surface area contributed by atoms with E-state index in [1.54, 1.807) is 12.1 Å². The number of carbonyl (C=O) groups is 1. The maximum atomic E-state index is 10.7. The Bertz CT molecular complexity index is 420. The second-order valence-corrected chi connectivity index (χ2v) is 5.02. The van der Waals surface area contributed by atoms with Gasteiger partial charge >= 0.3 is 0 Å². The molecular weight excluding hydrogens is 262 g/mol. The molecule has 0 saturated carbocycles. The molecular formula is C13H21N3O2S. The summed E-state index contributed by atoms with van der Waals surface area (Å²) < 4.78 is 7.31. The Morgan fingerprint density at radius 1 is 1.37 bits per heavy atom. The molecule has 1 aliphatic heterocycles. The van der Waals surface area contributed by atoms with Crippen LogP contribution >= 0.6 is 11.9 Å². The van der Waals surface area contributed by atoms with Gasteiger partial charge in [-0.2, -0.15) is 0 Å². The van der Waals surface area contributed by atoms with E-state index in [4.69, 9.17) is 16.2 Å². The summed E-state index contributed by atoms with van der Waals surface area (Å²) in [7, 11) is 1.48. The number of benzene rings is 1. The molecule has 1 amide bonds. The van der Waals surface area contributed by atoms with Gasteiger partial charge in [0, 0.05) is 18.7 Å². The van der Waals surface area contributed by atoms with E-state index in [-0.39, 0.29) is 0 Å². The van der Waals surface area contributed by atoms with Crippen LogP contribution in [0.25, 0.3) is 0 Å². The number of nitrogen functional groups attached to an aromatic ring is 1. The number of ether oxygens (including phenoxy) is 1. The van der Waals surface area contributed by atoms with Crippen LogP contribution in [0.5, 0.6) is 5.75 Å². The third-order valence-corrected chi connectivity index (χ3v) is 3.72. The van der Waals surface area contributed by atoms with Gasteiger partial charge in [0.05, 0.1) is 12.8 Å². The zero-order chi connectivity index (χ0) is 14.3. The summed E-state index contributed by atoms with van der Waals surface area (Å²) >= 11 is 1.87. The number of methoxy groups -OCH3 is 1. The maximum absolute atomic E-state index is 10.7. The molecule has 0 spiro atoms. The van der Waals surface area contributed by atoms with Crippen LogP contribution in [0.2, 0.25) is 0 Å². The molecule has 0 radical (unpaired) electrons. The van der Waals surface area contributed by atoms with Crippen molar-refractivity contribution in [3.8, 4) is 5.75 Å². The molecule has 1 aliphatic rings. The lowest BCUT2D eigenvalue weighted by Gasteiger charge is -2.06. The van der Waals surface area contributed by atoms with Crippen molar-refractivity contribution in [3.63, 3.8) is 0 Å². The normalized spacial score (nSPS) is 14.6. The number of hydrogen-bond acceptors (Lipinski definition) is 5. The van der Waals surface area contributed by atoms with Gasteiger partial charge in [-0.05, 0) is 37.3 Å². The summed E-state index contributed by atoms with van der Waals surface area (Å²) in [5.41, 5.74) is 11.5. The molecule has 1 saturated heterocycles. The van der Waals surface area contributed by atoms with Gasteiger partial charge < -0.3 is 16.2 Å². The Balaban J connectivity index is 0.000000218. The van der Waals surface area contributed by atoms with Gasteiger partial charge in [0.15, 0.2) is 0 Å². The van der Waals surface area contributed by atoms with Crippen LogP contribution in [0.3, 0.4) is 0 Å². The third-order valence-electron chi connectivity index (χ3n) is 2.84. The molecule has 0 aromatic heterocycles. The van der Waals surface area contributed by atoms with Crippen LogP contribution in [0.15, 0.2) is 18.2 Å². The van der Waals surface area contributed by atoms with Crippen molar-refractivity contribution in [3.05, 3.63) is 23.8 Å². The number of anilines is 1. The summed E-state index contributed by atoms with van der Waals surface area (Å²) in [5.74, 6) is -0.0281. The Labute approximate surface area is 118 Å². The summed E-state index contributed by atoms with van der Waals surface area (Å²) in [4.78, 5) is 10.7. The fourth-order valence-electron chi connectivity index (χ4n) is 1.74. The largest absolute Gasteiger partial charge is 0.495 e. The number of amides is 1. The van der Waals surface area contributed by atoms with Crippen LogP contribution in [-0.4, -0.2) is 36.7 Å². The average Bonchev–Trinajstić information content (AvgIpc) is 2.93. The molecule has 1 aromatic carbocycles. The average molecular weight is 283 g/mol. The van der Waals surface area contributed by atoms with Crippen molar-refractivity contribution in [2.75, 3.05) is 32.2 Å². The Morgan fingerprint density at radius 2 is 2.00 bits per heavy atom. The van der Waals surface area contributed by atoms with Crippen LogP contribution in [0.4, 0.5) is 5.69 Å². The van der Waals surface area contributed by atoms with Crippen molar-refractivity contribution in [2.24, 2.45) is 5.73 Å². The molecule has 1 fully saturated rings. The lowest BCUT2D eigenvalue weighted by Crippen LogP contribution is -2.11. The minimum atomic E-state index is -0.492. The minimum Gasteiger partial charge on any atom is -0.495 e. The third kappa shape index (κ3) is 5.00. The number of hydrogen-bond donors (Lipinski definition) is 2. The second-order valence-electron chi connectivity index (χ2n) is 4.14. The fourth-order valence-corrected chi connectivity index (χ4v) is 2.36. The predicted molar refractivity (Wildman–Crippen MR) is 80.2 cm³/mol. The van der Waals surface area contributed by atoms with Gasteiger partial charge in [-0.3, -0.25) is 9.10 Å². The molecule has 2 rings (SSSR count). The van der Waals surface area contributed by atoms with Crippen molar-refractivity contribution < 1.29 is 9.53 Å². The van der Waals surface area contributed by atoms with E-state index in [0.29, 0.717) is 17.0 Å². The van der Waals surface area contributed by atoms with E-state index < -0.39 is 5.91 Å². The van der Waals surface area contributed by atoms with E-state index >= 15 is 0 Å².